The number of nitrogens with one attached hydrogen (secondary N) is 3. The molecule has 2 fully saturated rings. The van der Waals surface area contributed by atoms with Crippen molar-refractivity contribution in [3.63, 3.8) is 0 Å². The molecule has 2 saturated heterocycles. The Morgan fingerprint density at radius 1 is 1.35 bits per heavy atom. The lowest BCUT2D eigenvalue weighted by Gasteiger charge is -2.38. The molecule has 0 radical (unpaired) electrons. The third kappa shape index (κ3) is 6.52. The fourth-order valence-electron chi connectivity index (χ4n) is 5.27. The number of ether oxygens (including phenoxy) is 2. The molecule has 3 aliphatic heterocycles. The fourth-order valence-corrected chi connectivity index (χ4v) is 6.06. The zero-order valence-electron chi connectivity index (χ0n) is 20.8. The highest BCUT2D eigenvalue weighted by Gasteiger charge is 2.47. The van der Waals surface area contributed by atoms with Crippen LogP contribution in [0.5, 0.6) is 0 Å². The molecule has 37 heavy (non-hydrogen) atoms. The average molecular weight is 560 g/mol. The minimum absolute atomic E-state index is 0.0939. The smallest absolute Gasteiger partial charge is 0.240 e. The summed E-state index contributed by atoms with van der Waals surface area (Å²) in [6.07, 6.45) is 0.301. The number of hydrogen-bond donors (Lipinski definition) is 6. The van der Waals surface area contributed by atoms with E-state index >= 15 is 0 Å². The molecule has 0 aliphatic carbocycles. The average Bonchev–Trinajstić information content (AvgIpc) is 3.15. The van der Waals surface area contributed by atoms with Crippen molar-refractivity contribution in [2.24, 2.45) is 5.92 Å². The van der Waals surface area contributed by atoms with E-state index in [2.05, 4.69) is 16.0 Å². The molecule has 4 rings (SSSR count). The lowest BCUT2D eigenvalue weighted by molar-refractivity contribution is -0.131. The molecule has 0 aromatic heterocycles. The van der Waals surface area contributed by atoms with Crippen LogP contribution >= 0.6 is 23.4 Å². The third-order valence-electron chi connectivity index (χ3n) is 7.25. The van der Waals surface area contributed by atoms with Gasteiger partial charge in [0.15, 0.2) is 17.0 Å². The summed E-state index contributed by atoms with van der Waals surface area (Å²) in [5, 5.41) is 39.8. The maximum Gasteiger partial charge on any atom is 0.240 e. The van der Waals surface area contributed by atoms with Crippen LogP contribution in [0.1, 0.15) is 25.3 Å². The van der Waals surface area contributed by atoms with E-state index in [-0.39, 0.29) is 29.8 Å². The first-order valence-electron chi connectivity index (χ1n) is 12.4. The van der Waals surface area contributed by atoms with Gasteiger partial charge in [-0.2, -0.15) is 0 Å². The van der Waals surface area contributed by atoms with E-state index < -0.39 is 46.6 Å². The molecule has 1 aromatic rings. The number of carbonyl (C=O) groups excluding carboxylic acids is 1. The van der Waals surface area contributed by atoms with E-state index in [1.54, 1.807) is 19.2 Å². The lowest BCUT2D eigenvalue weighted by atomic mass is 9.93. The van der Waals surface area contributed by atoms with Crippen LogP contribution in [0.25, 0.3) is 0 Å². The van der Waals surface area contributed by atoms with Gasteiger partial charge < -0.3 is 40.7 Å². The van der Waals surface area contributed by atoms with E-state index in [1.807, 2.05) is 6.07 Å². The van der Waals surface area contributed by atoms with Gasteiger partial charge >= 0.3 is 0 Å². The van der Waals surface area contributed by atoms with Gasteiger partial charge in [0.1, 0.15) is 24.1 Å². The summed E-state index contributed by atoms with van der Waals surface area (Å²) < 4.78 is 25.4. The van der Waals surface area contributed by atoms with Crippen LogP contribution in [0.2, 0.25) is 0 Å². The molecule has 0 bridgehead atoms. The van der Waals surface area contributed by atoms with Crippen molar-refractivity contribution < 1.29 is 34.0 Å². The summed E-state index contributed by atoms with van der Waals surface area (Å²) in [7, 11) is 0. The van der Waals surface area contributed by atoms with Crippen molar-refractivity contribution in [2.75, 3.05) is 19.4 Å². The Hall–Kier alpha value is -1.60. The van der Waals surface area contributed by atoms with Gasteiger partial charge in [-0.05, 0) is 43.7 Å². The lowest BCUT2D eigenvalue weighted by Crippen LogP contribution is -2.60. The standard InChI is InChI=1S/C25H35ClFN3O6S/c1-12(26)17(23-20(32)19(31)21(33)25(36-23)37-2)30-24(34)18-22-14(11-29-18)9-16(6-7-35-22)28-10-13-4-3-5-15(27)8-13/h3-5,8,12,14,16-18,20,22-23,25,28-29,31-33H,6-7,9-11H2,1-2H3,(H,30,34). The second kappa shape index (κ2) is 12.5. The number of alkyl halides is 1. The number of rotatable bonds is 8. The number of carbonyl (C=O) groups is 1. The summed E-state index contributed by atoms with van der Waals surface area (Å²) in [6, 6.07) is 5.19. The van der Waals surface area contributed by atoms with Gasteiger partial charge in [-0.15, -0.1) is 23.4 Å². The van der Waals surface area contributed by atoms with Crippen LogP contribution in [-0.4, -0.2) is 87.9 Å². The summed E-state index contributed by atoms with van der Waals surface area (Å²) >= 11 is 7.53. The van der Waals surface area contributed by atoms with E-state index in [1.165, 1.54) is 12.1 Å². The highest BCUT2D eigenvalue weighted by Crippen LogP contribution is 2.32. The Bertz CT molecular complexity index is 988. The molecule has 9 nitrogen and oxygen atoms in total. The first kappa shape index (κ1) is 28.4. The van der Waals surface area contributed by atoms with Crippen LogP contribution in [0, 0.1) is 11.7 Å². The van der Waals surface area contributed by atoms with E-state index in [0.29, 0.717) is 19.7 Å². The minimum atomic E-state index is -1.54. The zero-order valence-corrected chi connectivity index (χ0v) is 22.3. The Labute approximate surface area is 225 Å². The third-order valence-corrected chi connectivity index (χ3v) is 8.29. The van der Waals surface area contributed by atoms with Crippen molar-refractivity contribution in [3.8, 4) is 0 Å². The molecule has 0 spiro atoms. The van der Waals surface area contributed by atoms with Crippen molar-refractivity contribution in [1.29, 1.82) is 0 Å². The minimum Gasteiger partial charge on any atom is -0.506 e. The van der Waals surface area contributed by atoms with Crippen LogP contribution in [-0.2, 0) is 20.8 Å². The Morgan fingerprint density at radius 3 is 2.84 bits per heavy atom. The SMILES string of the molecule is CSC1OC(C(NC(=O)C2NCC3CC(NCc4cccc(F)c4)CCOC32)C(C)Cl)C(O)C(O)=C1O. The van der Waals surface area contributed by atoms with Crippen molar-refractivity contribution in [1.82, 2.24) is 16.0 Å². The molecule has 0 saturated carbocycles. The molecule has 206 valence electrons. The van der Waals surface area contributed by atoms with Crippen LogP contribution in [0.4, 0.5) is 4.39 Å². The Balaban J connectivity index is 1.38. The molecule has 12 heteroatoms. The van der Waals surface area contributed by atoms with E-state index in [9.17, 15) is 24.5 Å². The molecule has 3 aliphatic rings. The van der Waals surface area contributed by atoms with Crippen LogP contribution < -0.4 is 16.0 Å². The quantitative estimate of drug-likeness (QED) is 0.264. The van der Waals surface area contributed by atoms with Gasteiger partial charge in [-0.3, -0.25) is 4.79 Å². The first-order chi connectivity index (χ1) is 17.7. The second-order valence-corrected chi connectivity index (χ2v) is 11.4. The van der Waals surface area contributed by atoms with E-state index in [0.717, 1.165) is 30.2 Å². The molecule has 3 heterocycles. The van der Waals surface area contributed by atoms with Gasteiger partial charge in [-0.1, -0.05) is 12.1 Å². The molecular weight excluding hydrogens is 525 g/mol. The molecule has 6 N–H and O–H groups in total. The molecule has 1 amide bonds. The number of aliphatic hydroxyl groups excluding tert-OH is 3. The predicted molar refractivity (Wildman–Crippen MR) is 139 cm³/mol. The summed E-state index contributed by atoms with van der Waals surface area (Å²) in [5.41, 5.74) is -0.0195. The topological polar surface area (TPSA) is 132 Å². The number of amides is 1. The van der Waals surface area contributed by atoms with Gasteiger partial charge in [0.05, 0.1) is 17.5 Å². The highest BCUT2D eigenvalue weighted by atomic mass is 35.5. The van der Waals surface area contributed by atoms with Crippen molar-refractivity contribution in [2.45, 2.75) is 73.6 Å². The van der Waals surface area contributed by atoms with Gasteiger partial charge in [0.25, 0.3) is 0 Å². The maximum absolute atomic E-state index is 13.5. The largest absolute Gasteiger partial charge is 0.506 e. The number of thioether (sulfide) groups is 1. The van der Waals surface area contributed by atoms with Gasteiger partial charge in [0.2, 0.25) is 5.91 Å². The number of aliphatic hydroxyl groups is 3. The summed E-state index contributed by atoms with van der Waals surface area (Å²) in [5.74, 6) is -1.55. The van der Waals surface area contributed by atoms with Crippen molar-refractivity contribution in [3.05, 3.63) is 47.2 Å². The number of fused-ring (bicyclic) bond motifs is 1. The zero-order chi connectivity index (χ0) is 26.7. The van der Waals surface area contributed by atoms with Gasteiger partial charge in [0, 0.05) is 31.7 Å². The van der Waals surface area contributed by atoms with Crippen LogP contribution in [0.3, 0.4) is 0 Å². The highest BCUT2D eigenvalue weighted by molar-refractivity contribution is 7.99. The number of benzene rings is 1. The fraction of sp³-hybridized carbons (Fsp3) is 0.640. The number of hydrogen-bond acceptors (Lipinski definition) is 9. The van der Waals surface area contributed by atoms with Crippen LogP contribution in [0.15, 0.2) is 35.8 Å². The summed E-state index contributed by atoms with van der Waals surface area (Å²) in [6.45, 7) is 3.27. The Morgan fingerprint density at radius 2 is 2.14 bits per heavy atom. The van der Waals surface area contributed by atoms with Gasteiger partial charge in [-0.25, -0.2) is 4.39 Å². The molecule has 9 atom stereocenters. The predicted octanol–water partition coefficient (Wildman–Crippen LogP) is 1.94. The summed E-state index contributed by atoms with van der Waals surface area (Å²) in [4.78, 5) is 13.4. The normalized spacial score (nSPS) is 33.9. The molecule has 9 unspecified atom stereocenters. The second-order valence-electron chi connectivity index (χ2n) is 9.81. The molecule has 1 aromatic carbocycles. The first-order valence-corrected chi connectivity index (χ1v) is 14.2. The Kier molecular flexibility index (Phi) is 9.60. The number of halogens is 2. The monoisotopic (exact) mass is 559 g/mol. The molecular formula is C25H35ClFN3O6S. The van der Waals surface area contributed by atoms with Crippen molar-refractivity contribution >= 4 is 29.3 Å². The van der Waals surface area contributed by atoms with E-state index in [4.69, 9.17) is 21.1 Å². The maximum atomic E-state index is 13.5.